The van der Waals surface area contributed by atoms with Crippen molar-refractivity contribution >= 4 is 89.9 Å². The predicted molar refractivity (Wildman–Crippen MR) is 199 cm³/mol. The largest absolute Gasteiger partial charge is 0.0622 e. The average Bonchev–Trinajstić information content (AvgIpc) is 3.09. The van der Waals surface area contributed by atoms with Gasteiger partial charge in [0.2, 0.25) is 0 Å². The van der Waals surface area contributed by atoms with Crippen molar-refractivity contribution < 1.29 is 33.0 Å². The van der Waals surface area contributed by atoms with Crippen LogP contribution < -0.4 is 31.8 Å². The summed E-state index contributed by atoms with van der Waals surface area (Å²) in [4.78, 5) is 0. The summed E-state index contributed by atoms with van der Waals surface area (Å²) in [6.45, 7) is 0. The van der Waals surface area contributed by atoms with Gasteiger partial charge in [0.1, 0.15) is 0 Å². The van der Waals surface area contributed by atoms with Gasteiger partial charge in [-0.15, -0.1) is 23.2 Å². The van der Waals surface area contributed by atoms with Gasteiger partial charge < -0.3 is 0 Å². The standard InChI is InChI=1S/2C18H15P.CH2Cl2.2ClH.Fe.Pd/c2*1-4-10-16(11-5-1)19(17-12-6-2-7-13-17)18-14-8-3-9-15-18;2-1-3;;;;/h2*1-15H;1H2;2*1H;;/q;;;;;;+2/p-2. The quantitative estimate of drug-likeness (QED) is 0.0891. The molecule has 6 aromatic carbocycles. The Balaban J connectivity index is 0.000000262. The molecule has 8 heteroatoms. The zero-order valence-electron chi connectivity index (χ0n) is 24.1. The molecule has 0 bridgehead atoms. The van der Waals surface area contributed by atoms with Gasteiger partial charge in [-0.1, -0.05) is 182 Å². The zero-order valence-corrected chi connectivity index (χ0v) is 31.6. The summed E-state index contributed by atoms with van der Waals surface area (Å²) in [6.07, 6.45) is 0. The first-order valence-electron chi connectivity index (χ1n) is 13.6. The maximum Gasteiger partial charge on any atom is 0 e. The number of hydrogen-bond acceptors (Lipinski definition) is 0. The van der Waals surface area contributed by atoms with Gasteiger partial charge >= 0.3 is 35.0 Å². The van der Waals surface area contributed by atoms with Crippen LogP contribution in [0.4, 0.5) is 0 Å². The van der Waals surface area contributed by atoms with Crippen LogP contribution in [0.15, 0.2) is 182 Å². The van der Waals surface area contributed by atoms with Crippen LogP contribution in [0.5, 0.6) is 0 Å². The first-order valence-corrected chi connectivity index (χ1v) is 21.3. The van der Waals surface area contributed by atoms with E-state index in [1.807, 2.05) is 0 Å². The van der Waals surface area contributed by atoms with E-state index in [0.717, 1.165) is 0 Å². The molecule has 0 saturated heterocycles. The van der Waals surface area contributed by atoms with Crippen LogP contribution in [0.3, 0.4) is 0 Å². The van der Waals surface area contributed by atoms with Crippen molar-refractivity contribution in [3.05, 3.63) is 182 Å². The average molecular weight is 843 g/mol. The van der Waals surface area contributed by atoms with E-state index in [1.54, 1.807) is 0 Å². The van der Waals surface area contributed by atoms with E-state index in [0.29, 0.717) is 0 Å². The number of rotatable bonds is 6. The smallest absolute Gasteiger partial charge is 0 e. The minimum Gasteiger partial charge on any atom is -0.0622 e. The van der Waals surface area contributed by atoms with Crippen molar-refractivity contribution in [1.29, 1.82) is 0 Å². The number of halogens is 4. The molecule has 0 aliphatic heterocycles. The van der Waals surface area contributed by atoms with Crippen LogP contribution in [0.1, 0.15) is 0 Å². The van der Waals surface area contributed by atoms with E-state index in [4.69, 9.17) is 42.3 Å². The summed E-state index contributed by atoms with van der Waals surface area (Å²) in [5.74, 6) is 0. The summed E-state index contributed by atoms with van der Waals surface area (Å²) in [7, 11) is 8.74. The Kier molecular flexibility index (Phi) is 21.8. The normalized spacial score (nSPS) is 9.82. The molecule has 0 N–H and O–H groups in total. The van der Waals surface area contributed by atoms with Crippen molar-refractivity contribution in [3.63, 3.8) is 0 Å². The molecule has 0 heterocycles. The summed E-state index contributed by atoms with van der Waals surface area (Å²) < 4.78 is 0. The molecule has 236 valence electrons. The minimum atomic E-state index is -0.446. The summed E-state index contributed by atoms with van der Waals surface area (Å²) >= 11 is 9.42. The van der Waals surface area contributed by atoms with Crippen molar-refractivity contribution in [1.82, 2.24) is 0 Å². The Hall–Kier alpha value is -1.48. The number of hydrogen-bond donors (Lipinski definition) is 0. The first kappa shape index (κ1) is 39.7. The SMILES string of the molecule is ClCCl.[Cl][Pd][Cl].[Fe].c1ccc(P(c2ccccc2)c2ccccc2)cc1.c1ccc(P(c2ccccc2)c2ccccc2)cc1. The van der Waals surface area contributed by atoms with Crippen LogP contribution in [0.2, 0.25) is 0 Å². The van der Waals surface area contributed by atoms with Crippen LogP contribution >= 0.6 is 58.1 Å². The van der Waals surface area contributed by atoms with E-state index < -0.39 is 15.8 Å². The van der Waals surface area contributed by atoms with Gasteiger partial charge in [0.15, 0.2) is 0 Å². The van der Waals surface area contributed by atoms with Crippen LogP contribution in [0, 0.1) is 0 Å². The van der Waals surface area contributed by atoms with Gasteiger partial charge in [-0.05, 0) is 47.7 Å². The summed E-state index contributed by atoms with van der Waals surface area (Å²) in [6, 6.07) is 64.7. The van der Waals surface area contributed by atoms with E-state index in [-0.39, 0.29) is 38.3 Å². The van der Waals surface area contributed by atoms with Crippen LogP contribution in [0.25, 0.3) is 0 Å². The van der Waals surface area contributed by atoms with Gasteiger partial charge in [0.25, 0.3) is 0 Å². The molecule has 0 unspecified atom stereocenters. The predicted octanol–water partition coefficient (Wildman–Crippen LogP) is 9.69. The van der Waals surface area contributed by atoms with Gasteiger partial charge in [-0.2, -0.15) is 0 Å². The van der Waals surface area contributed by atoms with Crippen LogP contribution in [-0.4, -0.2) is 5.34 Å². The molecule has 0 radical (unpaired) electrons. The van der Waals surface area contributed by atoms with E-state index in [9.17, 15) is 0 Å². The first-order chi connectivity index (χ1) is 21.7. The molecule has 0 aromatic heterocycles. The molecule has 6 rings (SSSR count). The van der Waals surface area contributed by atoms with Gasteiger partial charge in [0.05, 0.1) is 5.34 Å². The Morgan fingerprint density at radius 1 is 0.333 bits per heavy atom. The molecule has 0 saturated carbocycles. The fourth-order valence-corrected chi connectivity index (χ4v) is 8.97. The molecule has 0 spiro atoms. The van der Waals surface area contributed by atoms with E-state index in [2.05, 4.69) is 182 Å². The minimum absolute atomic E-state index is 0. The third kappa shape index (κ3) is 14.0. The van der Waals surface area contributed by atoms with E-state index >= 15 is 0 Å². The zero-order chi connectivity index (χ0) is 31.2. The molecule has 6 aromatic rings. The van der Waals surface area contributed by atoms with Gasteiger partial charge in [0, 0.05) is 17.1 Å². The van der Waals surface area contributed by atoms with Gasteiger partial charge in [-0.25, -0.2) is 0 Å². The Bertz CT molecular complexity index is 1230. The Morgan fingerprint density at radius 2 is 0.444 bits per heavy atom. The summed E-state index contributed by atoms with van der Waals surface area (Å²) in [5.41, 5.74) is 0. The van der Waals surface area contributed by atoms with Crippen molar-refractivity contribution in [2.45, 2.75) is 0 Å². The fraction of sp³-hybridized carbons (Fsp3) is 0.0270. The fourth-order valence-electron chi connectivity index (χ4n) is 4.36. The van der Waals surface area contributed by atoms with Crippen LogP contribution in [-0.2, 0) is 33.0 Å². The third-order valence-electron chi connectivity index (χ3n) is 6.09. The van der Waals surface area contributed by atoms with E-state index in [1.165, 1.54) is 31.8 Å². The molecule has 0 amide bonds. The Morgan fingerprint density at radius 3 is 0.556 bits per heavy atom. The molecule has 0 nitrogen and oxygen atoms in total. The van der Waals surface area contributed by atoms with Crippen molar-refractivity contribution in [2.75, 3.05) is 5.34 Å². The molecular formula is C37H32Cl4FeP2Pd. The van der Waals surface area contributed by atoms with Gasteiger partial charge in [-0.3, -0.25) is 0 Å². The second-order valence-electron chi connectivity index (χ2n) is 8.83. The molecule has 0 aliphatic rings. The molecule has 0 atom stereocenters. The summed E-state index contributed by atoms with van der Waals surface area (Å²) in [5, 5.41) is 8.58. The Labute approximate surface area is 307 Å². The molecule has 45 heavy (non-hydrogen) atoms. The van der Waals surface area contributed by atoms with Crippen molar-refractivity contribution in [2.24, 2.45) is 0 Å². The number of alkyl halides is 2. The molecular weight excluding hydrogens is 810 g/mol. The molecule has 0 fully saturated rings. The third-order valence-corrected chi connectivity index (χ3v) is 11.0. The maximum absolute atomic E-state index is 4.81. The maximum atomic E-state index is 4.81. The van der Waals surface area contributed by atoms with Crippen molar-refractivity contribution in [3.8, 4) is 0 Å². The second-order valence-corrected chi connectivity index (χ2v) is 16.4. The molecule has 0 aliphatic carbocycles. The second kappa shape index (κ2) is 24.7. The topological polar surface area (TPSA) is 0 Å². The monoisotopic (exact) mass is 840 g/mol. The number of benzene rings is 6.